The van der Waals surface area contributed by atoms with Gasteiger partial charge in [-0.15, -0.1) is 0 Å². The summed E-state index contributed by atoms with van der Waals surface area (Å²) in [5.41, 5.74) is 0.596. The van der Waals surface area contributed by atoms with Crippen molar-refractivity contribution in [1.82, 2.24) is 10.2 Å². The lowest BCUT2D eigenvalue weighted by Gasteiger charge is -2.34. The summed E-state index contributed by atoms with van der Waals surface area (Å²) in [7, 11) is 0. The van der Waals surface area contributed by atoms with Gasteiger partial charge in [0.1, 0.15) is 0 Å². The molecule has 2 unspecified atom stereocenters. The van der Waals surface area contributed by atoms with Crippen molar-refractivity contribution in [3.8, 4) is 0 Å². The minimum Gasteiger partial charge on any atom is -0.316 e. The van der Waals surface area contributed by atoms with E-state index in [4.69, 9.17) is 0 Å². The van der Waals surface area contributed by atoms with Gasteiger partial charge in [-0.1, -0.05) is 33.6 Å². The zero-order chi connectivity index (χ0) is 13.0. The zero-order valence-corrected chi connectivity index (χ0v) is 12.7. The maximum Gasteiger partial charge on any atom is 0.00504 e. The molecule has 18 heavy (non-hydrogen) atoms. The molecule has 0 bridgehead atoms. The predicted molar refractivity (Wildman–Crippen MR) is 78.8 cm³/mol. The topological polar surface area (TPSA) is 15.3 Å². The molecule has 0 amide bonds. The van der Waals surface area contributed by atoms with E-state index in [0.29, 0.717) is 5.41 Å². The summed E-state index contributed by atoms with van der Waals surface area (Å²) in [6, 6.07) is 0. The van der Waals surface area contributed by atoms with Crippen LogP contribution in [0, 0.1) is 17.3 Å². The molecule has 1 aliphatic carbocycles. The number of rotatable bonds is 6. The van der Waals surface area contributed by atoms with E-state index in [9.17, 15) is 0 Å². The van der Waals surface area contributed by atoms with Gasteiger partial charge in [-0.25, -0.2) is 0 Å². The maximum atomic E-state index is 3.69. The molecule has 2 heteroatoms. The molecule has 0 aromatic carbocycles. The Hall–Kier alpha value is -0.0800. The third kappa shape index (κ3) is 3.48. The van der Waals surface area contributed by atoms with Crippen LogP contribution in [0.1, 0.15) is 52.9 Å². The van der Waals surface area contributed by atoms with E-state index in [1.54, 1.807) is 0 Å². The maximum absolute atomic E-state index is 3.69. The van der Waals surface area contributed by atoms with Crippen molar-refractivity contribution in [2.75, 3.05) is 32.7 Å². The summed E-state index contributed by atoms with van der Waals surface area (Å²) >= 11 is 0. The fraction of sp³-hybridized carbons (Fsp3) is 1.00. The van der Waals surface area contributed by atoms with E-state index >= 15 is 0 Å². The third-order valence-corrected chi connectivity index (χ3v) is 5.21. The fourth-order valence-corrected chi connectivity index (χ4v) is 3.90. The molecule has 1 saturated heterocycles. The van der Waals surface area contributed by atoms with Crippen LogP contribution in [0.25, 0.3) is 0 Å². The summed E-state index contributed by atoms with van der Waals surface area (Å²) in [5.74, 6) is 1.79. The minimum absolute atomic E-state index is 0.596. The minimum atomic E-state index is 0.596. The quantitative estimate of drug-likeness (QED) is 0.731. The van der Waals surface area contributed by atoms with Gasteiger partial charge in [0.15, 0.2) is 0 Å². The van der Waals surface area contributed by atoms with E-state index in [2.05, 4.69) is 31.0 Å². The second-order valence-corrected chi connectivity index (χ2v) is 7.03. The average molecular weight is 252 g/mol. The number of nitrogens with zero attached hydrogens (tertiary/aromatic N) is 1. The highest BCUT2D eigenvalue weighted by Crippen LogP contribution is 2.39. The SMILES string of the molecule is CCCNCC1(CN2CC(C)C(C)C2)CCCC1. The van der Waals surface area contributed by atoms with Gasteiger partial charge >= 0.3 is 0 Å². The molecule has 2 fully saturated rings. The molecular weight excluding hydrogens is 220 g/mol. The average Bonchev–Trinajstić information content (AvgIpc) is 2.89. The second kappa shape index (κ2) is 6.38. The van der Waals surface area contributed by atoms with Crippen LogP contribution < -0.4 is 5.32 Å². The first-order chi connectivity index (χ1) is 8.65. The summed E-state index contributed by atoms with van der Waals surface area (Å²) in [6.07, 6.45) is 7.05. The van der Waals surface area contributed by atoms with E-state index in [-0.39, 0.29) is 0 Å². The smallest absolute Gasteiger partial charge is 0.00504 e. The lowest BCUT2D eigenvalue weighted by Crippen LogP contribution is -2.42. The first-order valence-corrected chi connectivity index (χ1v) is 8.08. The van der Waals surface area contributed by atoms with Crippen molar-refractivity contribution in [3.05, 3.63) is 0 Å². The molecule has 2 atom stereocenters. The lowest BCUT2D eigenvalue weighted by atomic mass is 9.85. The van der Waals surface area contributed by atoms with Gasteiger partial charge < -0.3 is 10.2 Å². The van der Waals surface area contributed by atoms with E-state index in [1.165, 1.54) is 64.8 Å². The lowest BCUT2D eigenvalue weighted by molar-refractivity contribution is 0.167. The van der Waals surface area contributed by atoms with E-state index in [1.807, 2.05) is 0 Å². The van der Waals surface area contributed by atoms with Gasteiger partial charge in [-0.2, -0.15) is 0 Å². The Kier molecular flexibility index (Phi) is 5.08. The van der Waals surface area contributed by atoms with Crippen LogP contribution in [-0.2, 0) is 0 Å². The van der Waals surface area contributed by atoms with Crippen molar-refractivity contribution in [2.45, 2.75) is 52.9 Å². The third-order valence-electron chi connectivity index (χ3n) is 5.21. The van der Waals surface area contributed by atoms with Crippen molar-refractivity contribution in [1.29, 1.82) is 0 Å². The van der Waals surface area contributed by atoms with Gasteiger partial charge in [0.2, 0.25) is 0 Å². The van der Waals surface area contributed by atoms with Crippen molar-refractivity contribution in [3.63, 3.8) is 0 Å². The number of hydrogen-bond donors (Lipinski definition) is 1. The number of likely N-dealkylation sites (tertiary alicyclic amines) is 1. The Morgan fingerprint density at radius 3 is 2.28 bits per heavy atom. The molecule has 106 valence electrons. The molecule has 1 saturated carbocycles. The summed E-state index contributed by atoms with van der Waals surface area (Å²) in [4.78, 5) is 2.74. The molecule has 2 nitrogen and oxygen atoms in total. The molecule has 1 heterocycles. The molecule has 0 spiro atoms. The Morgan fingerprint density at radius 1 is 1.11 bits per heavy atom. The van der Waals surface area contributed by atoms with Crippen molar-refractivity contribution >= 4 is 0 Å². The highest BCUT2D eigenvalue weighted by molar-refractivity contribution is 4.92. The Labute approximate surface area is 114 Å². The predicted octanol–water partition coefficient (Wildman–Crippen LogP) is 3.13. The standard InChI is InChI=1S/C16H32N2/c1-4-9-17-12-16(7-5-6-8-16)13-18-10-14(2)15(3)11-18/h14-15,17H,4-13H2,1-3H3. The largest absolute Gasteiger partial charge is 0.316 e. The monoisotopic (exact) mass is 252 g/mol. The number of hydrogen-bond acceptors (Lipinski definition) is 2. The molecule has 2 rings (SSSR count). The zero-order valence-electron chi connectivity index (χ0n) is 12.7. The van der Waals surface area contributed by atoms with Crippen LogP contribution in [0.15, 0.2) is 0 Å². The van der Waals surface area contributed by atoms with Gasteiger partial charge in [0.05, 0.1) is 0 Å². The van der Waals surface area contributed by atoms with Gasteiger partial charge in [0.25, 0.3) is 0 Å². The van der Waals surface area contributed by atoms with E-state index in [0.717, 1.165) is 11.8 Å². The summed E-state index contributed by atoms with van der Waals surface area (Å²) in [6.45, 7) is 13.5. The normalized spacial score (nSPS) is 32.2. The Bertz CT molecular complexity index is 235. The van der Waals surface area contributed by atoms with Crippen molar-refractivity contribution < 1.29 is 0 Å². The fourth-order valence-electron chi connectivity index (χ4n) is 3.90. The van der Waals surface area contributed by atoms with Gasteiger partial charge in [0, 0.05) is 26.2 Å². The molecule has 0 aromatic heterocycles. The Morgan fingerprint density at radius 2 is 1.72 bits per heavy atom. The summed E-state index contributed by atoms with van der Waals surface area (Å²) < 4.78 is 0. The molecule has 0 radical (unpaired) electrons. The first kappa shape index (κ1) is 14.3. The van der Waals surface area contributed by atoms with Gasteiger partial charge in [-0.05, 0) is 43.1 Å². The molecular formula is C16H32N2. The molecule has 1 N–H and O–H groups in total. The van der Waals surface area contributed by atoms with Crippen LogP contribution >= 0.6 is 0 Å². The van der Waals surface area contributed by atoms with Crippen LogP contribution in [0.2, 0.25) is 0 Å². The van der Waals surface area contributed by atoms with Crippen LogP contribution in [0.4, 0.5) is 0 Å². The second-order valence-electron chi connectivity index (χ2n) is 7.03. The number of nitrogens with one attached hydrogen (secondary N) is 1. The highest BCUT2D eigenvalue weighted by atomic mass is 15.2. The molecule has 2 aliphatic rings. The van der Waals surface area contributed by atoms with Crippen molar-refractivity contribution in [2.24, 2.45) is 17.3 Å². The van der Waals surface area contributed by atoms with Crippen LogP contribution in [0.3, 0.4) is 0 Å². The van der Waals surface area contributed by atoms with Crippen LogP contribution in [0.5, 0.6) is 0 Å². The van der Waals surface area contributed by atoms with Crippen LogP contribution in [-0.4, -0.2) is 37.6 Å². The summed E-state index contributed by atoms with van der Waals surface area (Å²) in [5, 5.41) is 3.69. The molecule has 0 aromatic rings. The first-order valence-electron chi connectivity index (χ1n) is 8.08. The van der Waals surface area contributed by atoms with Gasteiger partial charge in [-0.3, -0.25) is 0 Å². The van der Waals surface area contributed by atoms with E-state index < -0.39 is 0 Å². The Balaban J connectivity index is 1.86. The molecule has 1 aliphatic heterocycles. The highest BCUT2D eigenvalue weighted by Gasteiger charge is 2.37.